The number of carbonyl (C=O) groups excluding carboxylic acids is 1. The van der Waals surface area contributed by atoms with Gasteiger partial charge in [-0.2, -0.15) is 0 Å². The maximum atomic E-state index is 12.1. The van der Waals surface area contributed by atoms with Gasteiger partial charge in [0.05, 0.1) is 0 Å². The molecule has 3 N–H and O–H groups in total. The van der Waals surface area contributed by atoms with E-state index in [0.29, 0.717) is 24.6 Å². The van der Waals surface area contributed by atoms with Gasteiger partial charge in [0.25, 0.3) is 5.91 Å². The molecule has 2 rings (SSSR count). The number of nitrogens with two attached hydrogens (primary N) is 1. The zero-order valence-electron chi connectivity index (χ0n) is 9.91. The van der Waals surface area contributed by atoms with E-state index in [4.69, 9.17) is 5.73 Å². The molecule has 17 heavy (non-hydrogen) atoms. The van der Waals surface area contributed by atoms with Crippen molar-refractivity contribution in [1.29, 1.82) is 0 Å². The van der Waals surface area contributed by atoms with Gasteiger partial charge in [-0.25, -0.2) is 0 Å². The second-order valence-electron chi connectivity index (χ2n) is 4.70. The second kappa shape index (κ2) is 4.85. The number of hydrogen-bond acceptors (Lipinski definition) is 3. The fourth-order valence-corrected chi connectivity index (χ4v) is 2.12. The molecular weight excluding hydrogens is 216 g/mol. The fraction of sp³-hybridized carbons (Fsp3) is 0.462. The molecule has 1 saturated heterocycles. The van der Waals surface area contributed by atoms with Crippen LogP contribution in [0.25, 0.3) is 0 Å². The molecule has 1 fully saturated rings. The highest BCUT2D eigenvalue weighted by Crippen LogP contribution is 2.21. The second-order valence-corrected chi connectivity index (χ2v) is 4.70. The van der Waals surface area contributed by atoms with Gasteiger partial charge in [0.15, 0.2) is 6.10 Å². The Balaban J connectivity index is 2.06. The van der Waals surface area contributed by atoms with Crippen molar-refractivity contribution in [2.75, 3.05) is 13.1 Å². The number of nitrogens with zero attached hydrogens (tertiary/aromatic N) is 1. The van der Waals surface area contributed by atoms with Crippen LogP contribution in [0.1, 0.15) is 18.6 Å². The first-order valence-corrected chi connectivity index (χ1v) is 5.87. The van der Waals surface area contributed by atoms with E-state index < -0.39 is 6.10 Å². The Hall–Kier alpha value is -1.39. The third kappa shape index (κ3) is 2.48. The topological polar surface area (TPSA) is 66.6 Å². The van der Waals surface area contributed by atoms with Crippen LogP contribution in [0.5, 0.6) is 0 Å². The molecule has 1 aliphatic heterocycles. The van der Waals surface area contributed by atoms with E-state index in [9.17, 15) is 9.90 Å². The monoisotopic (exact) mass is 234 g/mol. The summed E-state index contributed by atoms with van der Waals surface area (Å²) in [6.07, 6.45) is -1.08. The number of aliphatic hydroxyl groups is 1. The lowest BCUT2D eigenvalue weighted by atomic mass is 10.1. The molecule has 0 aromatic heterocycles. The van der Waals surface area contributed by atoms with E-state index in [1.54, 1.807) is 17.0 Å². The van der Waals surface area contributed by atoms with Gasteiger partial charge in [0.1, 0.15) is 0 Å². The van der Waals surface area contributed by atoms with Crippen LogP contribution in [0, 0.1) is 5.92 Å². The molecule has 1 aromatic carbocycles. The molecular formula is C13H18N2O2. The Bertz CT molecular complexity index is 384. The van der Waals surface area contributed by atoms with Gasteiger partial charge in [-0.05, 0) is 11.5 Å². The smallest absolute Gasteiger partial charge is 0.256 e. The molecule has 4 nitrogen and oxygen atoms in total. The molecule has 0 spiro atoms. The Morgan fingerprint density at radius 3 is 2.59 bits per heavy atom. The summed E-state index contributed by atoms with van der Waals surface area (Å²) >= 11 is 0. The van der Waals surface area contributed by atoms with Crippen molar-refractivity contribution in [1.82, 2.24) is 4.90 Å². The average Bonchev–Trinajstić information content (AvgIpc) is 2.69. The normalized spacial score (nSPS) is 25.9. The summed E-state index contributed by atoms with van der Waals surface area (Å²) in [6.45, 7) is 3.18. The highest BCUT2D eigenvalue weighted by atomic mass is 16.3. The van der Waals surface area contributed by atoms with Gasteiger partial charge in [-0.1, -0.05) is 37.3 Å². The number of likely N-dealkylation sites (tertiary alicyclic amines) is 1. The van der Waals surface area contributed by atoms with E-state index >= 15 is 0 Å². The molecule has 0 aliphatic carbocycles. The average molecular weight is 234 g/mol. The number of benzene rings is 1. The first kappa shape index (κ1) is 12.1. The molecule has 1 heterocycles. The highest BCUT2D eigenvalue weighted by molar-refractivity contribution is 5.82. The van der Waals surface area contributed by atoms with Crippen molar-refractivity contribution in [3.8, 4) is 0 Å². The Morgan fingerprint density at radius 2 is 2.06 bits per heavy atom. The zero-order valence-corrected chi connectivity index (χ0v) is 9.91. The molecule has 4 heteroatoms. The molecule has 92 valence electrons. The maximum absolute atomic E-state index is 12.1. The van der Waals surface area contributed by atoms with Crippen LogP contribution in [0.3, 0.4) is 0 Å². The summed E-state index contributed by atoms with van der Waals surface area (Å²) < 4.78 is 0. The molecule has 3 atom stereocenters. The number of aliphatic hydroxyl groups excluding tert-OH is 1. The van der Waals surface area contributed by atoms with Crippen LogP contribution in [0.4, 0.5) is 0 Å². The summed E-state index contributed by atoms with van der Waals surface area (Å²) in [4.78, 5) is 13.7. The van der Waals surface area contributed by atoms with Crippen LogP contribution < -0.4 is 5.73 Å². The number of amides is 1. The largest absolute Gasteiger partial charge is 0.378 e. The summed E-state index contributed by atoms with van der Waals surface area (Å²) in [5.41, 5.74) is 6.50. The van der Waals surface area contributed by atoms with Gasteiger partial charge in [-0.3, -0.25) is 4.79 Å². The lowest BCUT2D eigenvalue weighted by Gasteiger charge is -2.20. The van der Waals surface area contributed by atoms with Crippen molar-refractivity contribution >= 4 is 5.91 Å². The van der Waals surface area contributed by atoms with Crippen molar-refractivity contribution in [2.24, 2.45) is 11.7 Å². The third-order valence-electron chi connectivity index (χ3n) is 3.33. The molecule has 0 saturated carbocycles. The van der Waals surface area contributed by atoms with Gasteiger partial charge < -0.3 is 15.7 Å². The van der Waals surface area contributed by atoms with Gasteiger partial charge in [0, 0.05) is 19.1 Å². The minimum absolute atomic E-state index is 0.0157. The maximum Gasteiger partial charge on any atom is 0.256 e. The van der Waals surface area contributed by atoms with Gasteiger partial charge in [-0.15, -0.1) is 0 Å². The first-order valence-electron chi connectivity index (χ1n) is 5.87. The Kier molecular flexibility index (Phi) is 3.45. The fourth-order valence-electron chi connectivity index (χ4n) is 2.12. The zero-order chi connectivity index (χ0) is 12.4. The molecule has 1 amide bonds. The molecule has 3 unspecified atom stereocenters. The molecule has 1 aromatic rings. The summed E-state index contributed by atoms with van der Waals surface area (Å²) in [5.74, 6) is 0.0397. The lowest BCUT2D eigenvalue weighted by Crippen LogP contribution is -2.35. The van der Waals surface area contributed by atoms with E-state index in [1.165, 1.54) is 0 Å². The van der Waals surface area contributed by atoms with E-state index in [1.807, 2.05) is 25.1 Å². The molecule has 0 radical (unpaired) electrons. The first-order chi connectivity index (χ1) is 8.09. The number of hydrogen-bond donors (Lipinski definition) is 2. The third-order valence-corrected chi connectivity index (χ3v) is 3.33. The van der Waals surface area contributed by atoms with Gasteiger partial charge in [0.2, 0.25) is 0 Å². The quantitative estimate of drug-likeness (QED) is 0.784. The van der Waals surface area contributed by atoms with Crippen molar-refractivity contribution in [3.63, 3.8) is 0 Å². The van der Waals surface area contributed by atoms with Gasteiger partial charge >= 0.3 is 0 Å². The Morgan fingerprint density at radius 1 is 1.41 bits per heavy atom. The Labute approximate surface area is 101 Å². The van der Waals surface area contributed by atoms with Crippen molar-refractivity contribution < 1.29 is 9.90 Å². The van der Waals surface area contributed by atoms with Crippen LogP contribution in [-0.2, 0) is 4.79 Å². The van der Waals surface area contributed by atoms with Crippen LogP contribution in [-0.4, -0.2) is 35.0 Å². The minimum Gasteiger partial charge on any atom is -0.378 e. The highest BCUT2D eigenvalue weighted by Gasteiger charge is 2.33. The summed E-state index contributed by atoms with van der Waals surface area (Å²) in [6, 6.07) is 8.99. The standard InChI is InChI=1S/C13H18N2O2/c1-9-7-15(8-11(9)14)13(17)12(16)10-5-3-2-4-6-10/h2-6,9,11-12,16H,7-8,14H2,1H3. The van der Waals surface area contributed by atoms with Crippen molar-refractivity contribution in [3.05, 3.63) is 35.9 Å². The van der Waals surface area contributed by atoms with E-state index in [2.05, 4.69) is 0 Å². The summed E-state index contributed by atoms with van der Waals surface area (Å²) in [5, 5.41) is 9.99. The summed E-state index contributed by atoms with van der Waals surface area (Å²) in [7, 11) is 0. The lowest BCUT2D eigenvalue weighted by molar-refractivity contribution is -0.139. The number of rotatable bonds is 2. The van der Waals surface area contributed by atoms with Crippen molar-refractivity contribution in [2.45, 2.75) is 19.1 Å². The number of carbonyl (C=O) groups is 1. The minimum atomic E-state index is -1.08. The predicted octanol–water partition coefficient (Wildman–Crippen LogP) is 0.526. The SMILES string of the molecule is CC1CN(C(=O)C(O)c2ccccc2)CC1N. The molecule has 0 bridgehead atoms. The van der Waals surface area contributed by atoms with Crippen LogP contribution in [0.2, 0.25) is 0 Å². The van der Waals surface area contributed by atoms with Crippen LogP contribution >= 0.6 is 0 Å². The molecule has 1 aliphatic rings. The predicted molar refractivity (Wildman–Crippen MR) is 65.1 cm³/mol. The van der Waals surface area contributed by atoms with E-state index in [-0.39, 0.29) is 11.9 Å². The van der Waals surface area contributed by atoms with E-state index in [0.717, 1.165) is 0 Å². The van der Waals surface area contributed by atoms with Crippen LogP contribution in [0.15, 0.2) is 30.3 Å².